The quantitative estimate of drug-likeness (QED) is 0.329. The third kappa shape index (κ3) is 4.42. The summed E-state index contributed by atoms with van der Waals surface area (Å²) < 4.78 is 27.8. The highest BCUT2D eigenvalue weighted by Gasteiger charge is 2.27. The van der Waals surface area contributed by atoms with Crippen molar-refractivity contribution in [2.75, 3.05) is 18.5 Å². The normalized spacial score (nSPS) is 18.6. The Morgan fingerprint density at radius 3 is 2.92 bits per heavy atom. The summed E-state index contributed by atoms with van der Waals surface area (Å²) in [6, 6.07) is 16.8. The molecule has 2 aliphatic rings. The van der Waals surface area contributed by atoms with Crippen molar-refractivity contribution in [1.29, 1.82) is 0 Å². The highest BCUT2D eigenvalue weighted by molar-refractivity contribution is 5.79. The number of carboxylic acid groups (broad SMARTS) is 1. The zero-order valence-corrected chi connectivity index (χ0v) is 20.5. The van der Waals surface area contributed by atoms with E-state index in [1.807, 2.05) is 24.3 Å². The van der Waals surface area contributed by atoms with Crippen LogP contribution < -0.4 is 10.1 Å². The van der Waals surface area contributed by atoms with E-state index in [-0.39, 0.29) is 24.3 Å². The fourth-order valence-corrected chi connectivity index (χ4v) is 5.39. The summed E-state index contributed by atoms with van der Waals surface area (Å²) in [4.78, 5) is 15.9. The van der Waals surface area contributed by atoms with Crippen molar-refractivity contribution in [3.63, 3.8) is 0 Å². The first kappa shape index (κ1) is 23.5. The van der Waals surface area contributed by atoms with Gasteiger partial charge in [0.2, 0.25) is 0 Å². The van der Waals surface area contributed by atoms with Gasteiger partial charge in [0.15, 0.2) is 0 Å². The lowest BCUT2D eigenvalue weighted by Crippen LogP contribution is -2.10. The summed E-state index contributed by atoms with van der Waals surface area (Å²) in [6.07, 6.45) is 1.81. The molecule has 190 valence electrons. The van der Waals surface area contributed by atoms with Gasteiger partial charge in [0.25, 0.3) is 0 Å². The van der Waals surface area contributed by atoms with Gasteiger partial charge in [-0.15, -0.1) is 0 Å². The predicted molar refractivity (Wildman–Crippen MR) is 138 cm³/mol. The molecule has 37 heavy (non-hydrogen) atoms. The van der Waals surface area contributed by atoms with Crippen LogP contribution in [0.5, 0.6) is 5.75 Å². The molecule has 1 unspecified atom stereocenters. The van der Waals surface area contributed by atoms with E-state index < -0.39 is 5.97 Å². The van der Waals surface area contributed by atoms with Crippen LogP contribution in [-0.2, 0) is 16.1 Å². The fourth-order valence-electron chi connectivity index (χ4n) is 5.39. The highest BCUT2D eigenvalue weighted by Crippen LogP contribution is 2.38. The Kier molecular flexibility index (Phi) is 6.04. The Morgan fingerprint density at radius 2 is 2.11 bits per heavy atom. The largest absolute Gasteiger partial charge is 0.493 e. The first-order valence-electron chi connectivity index (χ1n) is 12.6. The first-order valence-corrected chi connectivity index (χ1v) is 12.6. The Bertz CT molecular complexity index is 1490. The van der Waals surface area contributed by atoms with Crippen molar-refractivity contribution in [1.82, 2.24) is 9.55 Å². The van der Waals surface area contributed by atoms with Crippen LogP contribution in [0, 0.1) is 12.7 Å². The number of hydrogen-bond acceptors (Lipinski definition) is 5. The van der Waals surface area contributed by atoms with E-state index in [9.17, 15) is 9.18 Å². The molecule has 0 bridgehead atoms. The number of hydrogen-bond donors (Lipinski definition) is 2. The number of benzene rings is 3. The summed E-state index contributed by atoms with van der Waals surface area (Å²) in [5.74, 6) is 0.297. The Balaban J connectivity index is 1.30. The molecule has 8 heteroatoms. The number of imidazole rings is 1. The molecule has 0 radical (unpaired) electrons. The van der Waals surface area contributed by atoms with E-state index in [1.54, 1.807) is 6.07 Å². The smallest absolute Gasteiger partial charge is 0.304 e. The molecular weight excluding hydrogens is 473 g/mol. The van der Waals surface area contributed by atoms with Gasteiger partial charge in [-0.05, 0) is 55.2 Å². The molecule has 1 saturated heterocycles. The van der Waals surface area contributed by atoms with Crippen molar-refractivity contribution in [3.05, 3.63) is 82.9 Å². The van der Waals surface area contributed by atoms with Gasteiger partial charge in [-0.3, -0.25) is 9.36 Å². The number of carboxylic acids is 1. The van der Waals surface area contributed by atoms with E-state index in [2.05, 4.69) is 28.9 Å². The van der Waals surface area contributed by atoms with E-state index in [1.165, 1.54) is 12.1 Å². The van der Waals surface area contributed by atoms with Gasteiger partial charge in [-0.1, -0.05) is 18.2 Å². The van der Waals surface area contributed by atoms with Gasteiger partial charge in [0.1, 0.15) is 23.5 Å². The number of nitrogens with one attached hydrogen (secondary N) is 1. The predicted octanol–water partition coefficient (Wildman–Crippen LogP) is 5.89. The number of aromatic nitrogens is 2. The third-order valence-electron chi connectivity index (χ3n) is 7.32. The number of nitrogens with zero attached hydrogens (tertiary/aromatic N) is 2. The first-order chi connectivity index (χ1) is 18.0. The van der Waals surface area contributed by atoms with Crippen molar-refractivity contribution < 1.29 is 23.8 Å². The Hall–Kier alpha value is -3.91. The van der Waals surface area contributed by atoms with E-state index >= 15 is 0 Å². The van der Waals surface area contributed by atoms with Gasteiger partial charge in [-0.2, -0.15) is 0 Å². The summed E-state index contributed by atoms with van der Waals surface area (Å²) in [6.45, 7) is 3.77. The second-order valence-corrected chi connectivity index (χ2v) is 9.71. The van der Waals surface area contributed by atoms with Crippen LogP contribution in [-0.4, -0.2) is 33.8 Å². The maximum absolute atomic E-state index is 14.0. The van der Waals surface area contributed by atoms with Crippen LogP contribution in [0.2, 0.25) is 0 Å². The fraction of sp³-hybridized carbons (Fsp3) is 0.310. The van der Waals surface area contributed by atoms with Crippen molar-refractivity contribution in [3.8, 4) is 11.4 Å². The molecule has 2 aliphatic heterocycles. The molecule has 4 aromatic rings. The maximum atomic E-state index is 14.0. The molecule has 7 nitrogen and oxygen atoms in total. The second kappa shape index (κ2) is 9.52. The zero-order valence-electron chi connectivity index (χ0n) is 20.5. The number of ether oxygens (including phenoxy) is 2. The number of halogens is 1. The van der Waals surface area contributed by atoms with Crippen LogP contribution >= 0.6 is 0 Å². The minimum Gasteiger partial charge on any atom is -0.493 e. The molecule has 2 N–H and O–H groups in total. The van der Waals surface area contributed by atoms with Crippen LogP contribution in [0.3, 0.4) is 0 Å². The summed E-state index contributed by atoms with van der Waals surface area (Å²) in [5, 5.41) is 12.6. The van der Waals surface area contributed by atoms with Gasteiger partial charge >= 0.3 is 5.97 Å². The van der Waals surface area contributed by atoms with Crippen molar-refractivity contribution in [2.45, 2.75) is 44.8 Å². The molecular formula is C29H28FN3O4. The lowest BCUT2D eigenvalue weighted by Gasteiger charge is -2.18. The molecule has 0 saturated carbocycles. The third-order valence-corrected chi connectivity index (χ3v) is 7.32. The van der Waals surface area contributed by atoms with Crippen molar-refractivity contribution in [2.24, 2.45) is 0 Å². The van der Waals surface area contributed by atoms with Crippen LogP contribution in [0.1, 0.15) is 53.8 Å². The molecule has 3 aromatic carbocycles. The van der Waals surface area contributed by atoms with Crippen LogP contribution in [0.4, 0.5) is 10.1 Å². The minimum absolute atomic E-state index is 0.0647. The van der Waals surface area contributed by atoms with Gasteiger partial charge in [-0.25, -0.2) is 9.37 Å². The summed E-state index contributed by atoms with van der Waals surface area (Å²) in [5.41, 5.74) is 6.52. The minimum atomic E-state index is -0.822. The Morgan fingerprint density at radius 1 is 1.22 bits per heavy atom. The molecule has 3 heterocycles. The van der Waals surface area contributed by atoms with E-state index in [0.717, 1.165) is 58.0 Å². The van der Waals surface area contributed by atoms with Gasteiger partial charge in [0.05, 0.1) is 29.7 Å². The summed E-state index contributed by atoms with van der Waals surface area (Å²) in [7, 11) is 0. The van der Waals surface area contributed by atoms with Crippen molar-refractivity contribution >= 4 is 22.7 Å². The molecule has 1 aromatic heterocycles. The van der Waals surface area contributed by atoms with Crippen LogP contribution in [0.25, 0.3) is 16.7 Å². The number of rotatable bonds is 7. The maximum Gasteiger partial charge on any atom is 0.304 e. The second-order valence-electron chi connectivity index (χ2n) is 9.71. The number of fused-ring (bicyclic) bond motifs is 2. The molecule has 2 atom stereocenters. The van der Waals surface area contributed by atoms with Gasteiger partial charge in [0, 0.05) is 42.5 Å². The topological polar surface area (TPSA) is 85.6 Å². The molecule has 6 rings (SSSR count). The monoisotopic (exact) mass is 501 g/mol. The number of aliphatic carboxylic acids is 1. The number of carbonyl (C=O) groups is 1. The van der Waals surface area contributed by atoms with Crippen LogP contribution in [0.15, 0.2) is 54.6 Å². The molecule has 0 amide bonds. The standard InChI is InChI=1S/C29H28FN3O4/c1-17-18(15-31-21-8-9-22-19(12-28(34)35)16-37-27(22)14-21)4-2-5-24(17)33-25-10-7-20(30)13-23(25)32-29(33)26-6-3-11-36-26/h2,4-5,7-10,13-14,19,26,31H,3,6,11-12,15-16H2,1H3,(H,34,35)/t19-,26?/m1/s1. The SMILES string of the molecule is Cc1c(CNc2ccc3c(c2)OC[C@H]3CC(=O)O)cccc1-n1c(C2CCCO2)nc2cc(F)ccc21. The summed E-state index contributed by atoms with van der Waals surface area (Å²) >= 11 is 0. The van der Waals surface area contributed by atoms with E-state index in [0.29, 0.717) is 25.3 Å². The molecule has 0 spiro atoms. The molecule has 1 fully saturated rings. The Labute approximate surface area is 213 Å². The average Bonchev–Trinajstić information content (AvgIpc) is 3.62. The van der Waals surface area contributed by atoms with Gasteiger partial charge < -0.3 is 19.9 Å². The average molecular weight is 502 g/mol. The highest BCUT2D eigenvalue weighted by atomic mass is 19.1. The zero-order chi connectivity index (χ0) is 25.5. The lowest BCUT2D eigenvalue weighted by atomic mass is 9.98. The number of anilines is 1. The van der Waals surface area contributed by atoms with E-state index in [4.69, 9.17) is 19.6 Å². The lowest BCUT2D eigenvalue weighted by molar-refractivity contribution is -0.137. The molecule has 0 aliphatic carbocycles.